The van der Waals surface area contributed by atoms with Crippen molar-refractivity contribution in [2.45, 2.75) is 213 Å². The zero-order valence-electron chi connectivity index (χ0n) is 49.5. The summed E-state index contributed by atoms with van der Waals surface area (Å²) >= 11 is 0. The summed E-state index contributed by atoms with van der Waals surface area (Å²) in [7, 11) is -4.80. The zero-order chi connectivity index (χ0) is 58.3. The molecule has 2 N–H and O–H groups in total. The summed E-state index contributed by atoms with van der Waals surface area (Å²) in [6.07, 6.45) is 80.3. The van der Waals surface area contributed by atoms with E-state index in [9.17, 15) is 28.9 Å². The van der Waals surface area contributed by atoms with Crippen molar-refractivity contribution in [2.75, 3.05) is 26.4 Å². The molecule has 0 aliphatic heterocycles. The molecule has 3 atom stereocenters. The van der Waals surface area contributed by atoms with Crippen LogP contribution in [0, 0.1) is 0 Å². The largest absolute Gasteiger partial charge is 0.472 e. The number of unbranched alkanes of at least 4 members (excludes halogenated alkanes) is 8. The lowest BCUT2D eigenvalue weighted by molar-refractivity contribution is -0.161. The Morgan fingerprint density at radius 1 is 0.350 bits per heavy atom. The van der Waals surface area contributed by atoms with Crippen LogP contribution in [0.25, 0.3) is 0 Å². The Morgan fingerprint density at radius 3 is 0.988 bits per heavy atom. The molecule has 0 saturated carbocycles. The number of phosphoric ester groups is 1. The molecule has 0 saturated heterocycles. The molecule has 80 heavy (non-hydrogen) atoms. The summed E-state index contributed by atoms with van der Waals surface area (Å²) in [5, 5.41) is 9.83. The number of carbonyl (C=O) groups excluding carboxylic acids is 3. The predicted molar refractivity (Wildman–Crippen MR) is 334 cm³/mol. The molecule has 0 radical (unpaired) electrons. The highest BCUT2D eigenvalue weighted by Gasteiger charge is 2.28. The Bertz CT molecular complexity index is 1990. The molecule has 12 heteroatoms. The van der Waals surface area contributed by atoms with Gasteiger partial charge in [0.1, 0.15) is 12.7 Å². The third-order valence-electron chi connectivity index (χ3n) is 11.6. The molecule has 0 aromatic heterocycles. The normalized spacial score (nSPS) is 14.5. The smallest absolute Gasteiger partial charge is 0.462 e. The fraction of sp³-hybridized carbons (Fsp3) is 0.544. The lowest BCUT2D eigenvalue weighted by atomic mass is 10.1. The van der Waals surface area contributed by atoms with Gasteiger partial charge in [0.15, 0.2) is 6.10 Å². The number of aliphatic hydroxyl groups is 1. The minimum absolute atomic E-state index is 0.0838. The van der Waals surface area contributed by atoms with Gasteiger partial charge in [0, 0.05) is 19.3 Å². The first kappa shape index (κ1) is 74.8. The van der Waals surface area contributed by atoms with Crippen LogP contribution < -0.4 is 0 Å². The van der Waals surface area contributed by atoms with Crippen LogP contribution in [0.15, 0.2) is 170 Å². The Balaban J connectivity index is 4.91. The highest BCUT2D eigenvalue weighted by Crippen LogP contribution is 2.43. The van der Waals surface area contributed by atoms with Crippen LogP contribution >= 0.6 is 7.82 Å². The van der Waals surface area contributed by atoms with Crippen molar-refractivity contribution in [2.24, 2.45) is 0 Å². The Labute approximate surface area is 485 Å². The first-order chi connectivity index (χ1) is 39.2. The first-order valence-corrected chi connectivity index (χ1v) is 31.5. The molecule has 0 fully saturated rings. The standard InChI is InChI=1S/C68H105O11P/c1-4-7-10-13-16-19-22-25-28-31-32-35-38-41-44-47-50-53-56-59-68(72)79-65(61-75-66(70)57-54-51-48-45-42-39-36-33-29-26-23-20-17-14-11-8-5-2)63-77-80(73,74)76-62-64(60-69)78-67(71)58-55-52-49-46-43-40-37-34-30-27-24-21-18-15-12-9-6-3/h7-12,16-21,25-30,32,35-37,39-40,45-46,48-49,64-65,69H,4-6,13-15,22-24,31,33-34,38,41-44,47,50-63H2,1-3H3,(H,73,74)/b10-7-,11-8-,12-9-,19-16-,20-17-,21-18-,28-25-,29-26-,30-27-,35-32-,39-36-,40-37-,48-45-,49-46-. The lowest BCUT2D eigenvalue weighted by Gasteiger charge is -2.21. The number of carbonyl (C=O) groups is 3. The lowest BCUT2D eigenvalue weighted by Crippen LogP contribution is -2.30. The summed E-state index contributed by atoms with van der Waals surface area (Å²) in [5.74, 6) is -1.64. The van der Waals surface area contributed by atoms with Crippen LogP contribution in [0.4, 0.5) is 0 Å². The molecule has 0 bridgehead atoms. The number of phosphoric acid groups is 1. The van der Waals surface area contributed by atoms with E-state index in [1.807, 2.05) is 18.2 Å². The molecule has 0 aliphatic carbocycles. The van der Waals surface area contributed by atoms with Gasteiger partial charge < -0.3 is 24.2 Å². The van der Waals surface area contributed by atoms with E-state index in [0.717, 1.165) is 128 Å². The molecule has 448 valence electrons. The maximum Gasteiger partial charge on any atom is 0.472 e. The number of esters is 3. The van der Waals surface area contributed by atoms with E-state index in [-0.39, 0.29) is 25.9 Å². The summed E-state index contributed by atoms with van der Waals surface area (Å²) in [4.78, 5) is 48.6. The monoisotopic (exact) mass is 1130 g/mol. The number of hydrogen-bond acceptors (Lipinski definition) is 10. The molecule has 3 unspecified atom stereocenters. The van der Waals surface area contributed by atoms with Crippen molar-refractivity contribution in [3.05, 3.63) is 170 Å². The zero-order valence-corrected chi connectivity index (χ0v) is 50.4. The van der Waals surface area contributed by atoms with E-state index in [0.29, 0.717) is 32.1 Å². The Hall–Kier alpha value is -5.16. The quantitative estimate of drug-likeness (QED) is 0.0197. The van der Waals surface area contributed by atoms with Crippen molar-refractivity contribution >= 4 is 25.7 Å². The molecule has 0 amide bonds. The molecule has 0 rings (SSSR count). The number of hydrogen-bond donors (Lipinski definition) is 2. The minimum Gasteiger partial charge on any atom is -0.462 e. The van der Waals surface area contributed by atoms with E-state index in [1.165, 1.54) is 0 Å². The number of rotatable bonds is 53. The van der Waals surface area contributed by atoms with Gasteiger partial charge in [0.05, 0.1) is 19.8 Å². The van der Waals surface area contributed by atoms with Gasteiger partial charge in [0.2, 0.25) is 0 Å². The fourth-order valence-electron chi connectivity index (χ4n) is 7.18. The SMILES string of the molecule is CC/C=C\C/C=C\C/C=C\C/C=C\C/C=C\CCCC(=O)OCC(COP(=O)(O)OCC(CO)OC(=O)CCC/C=C\C/C=C\C/C=C\C/C=C\C/C=C\CC)OC(=O)CCCCCCCC/C=C\C/C=C\C/C=C\C/C=C\CC. The van der Waals surface area contributed by atoms with Crippen LogP contribution in [0.1, 0.15) is 201 Å². The second kappa shape index (κ2) is 59.9. The first-order valence-electron chi connectivity index (χ1n) is 30.0. The summed E-state index contributed by atoms with van der Waals surface area (Å²) < 4.78 is 39.5. The molecule has 0 aliphatic rings. The molecule has 11 nitrogen and oxygen atoms in total. The average molecular weight is 1130 g/mol. The van der Waals surface area contributed by atoms with Gasteiger partial charge in [0.25, 0.3) is 0 Å². The van der Waals surface area contributed by atoms with Crippen molar-refractivity contribution in [1.29, 1.82) is 0 Å². The summed E-state index contributed by atoms with van der Waals surface area (Å²) in [6, 6.07) is 0. The van der Waals surface area contributed by atoms with Gasteiger partial charge in [-0.1, -0.05) is 217 Å². The molecule has 0 aromatic carbocycles. The molecule has 0 heterocycles. The average Bonchev–Trinajstić information content (AvgIpc) is 3.45. The number of ether oxygens (including phenoxy) is 3. The van der Waals surface area contributed by atoms with Gasteiger partial charge in [-0.2, -0.15) is 0 Å². The van der Waals surface area contributed by atoms with Gasteiger partial charge in [-0.15, -0.1) is 0 Å². The maximum absolute atomic E-state index is 12.9. The highest BCUT2D eigenvalue weighted by molar-refractivity contribution is 7.47. The number of allylic oxidation sites excluding steroid dienone is 28. The van der Waals surface area contributed by atoms with Crippen LogP contribution in [0.5, 0.6) is 0 Å². The molecular weight excluding hydrogens is 1020 g/mol. The summed E-state index contributed by atoms with van der Waals surface area (Å²) in [5.41, 5.74) is 0. The Kier molecular flexibility index (Phi) is 56.1. The van der Waals surface area contributed by atoms with Crippen molar-refractivity contribution in [1.82, 2.24) is 0 Å². The van der Waals surface area contributed by atoms with E-state index in [2.05, 4.69) is 173 Å². The van der Waals surface area contributed by atoms with Crippen LogP contribution in [-0.2, 0) is 42.2 Å². The van der Waals surface area contributed by atoms with E-state index in [1.54, 1.807) is 0 Å². The van der Waals surface area contributed by atoms with Gasteiger partial charge in [-0.3, -0.25) is 23.4 Å². The van der Waals surface area contributed by atoms with Crippen LogP contribution in [-0.4, -0.2) is 66.5 Å². The van der Waals surface area contributed by atoms with E-state index < -0.39 is 57.8 Å². The van der Waals surface area contributed by atoms with Gasteiger partial charge >= 0.3 is 25.7 Å². The van der Waals surface area contributed by atoms with Gasteiger partial charge in [-0.05, 0) is 135 Å². The van der Waals surface area contributed by atoms with Crippen molar-refractivity contribution in [3.63, 3.8) is 0 Å². The maximum atomic E-state index is 12.9. The van der Waals surface area contributed by atoms with Crippen LogP contribution in [0.3, 0.4) is 0 Å². The van der Waals surface area contributed by atoms with E-state index in [4.69, 9.17) is 23.3 Å². The third-order valence-corrected chi connectivity index (χ3v) is 12.6. The molecular formula is C68H105O11P. The van der Waals surface area contributed by atoms with Gasteiger partial charge in [-0.25, -0.2) is 4.57 Å². The van der Waals surface area contributed by atoms with Crippen LogP contribution in [0.2, 0.25) is 0 Å². The second-order valence-electron chi connectivity index (χ2n) is 19.0. The van der Waals surface area contributed by atoms with Crippen molar-refractivity contribution < 1.29 is 52.2 Å². The Morgan fingerprint density at radius 2 is 0.625 bits per heavy atom. The number of aliphatic hydroxyl groups excluding tert-OH is 1. The topological polar surface area (TPSA) is 155 Å². The predicted octanol–water partition coefficient (Wildman–Crippen LogP) is 18.2. The molecule has 0 aromatic rings. The summed E-state index contributed by atoms with van der Waals surface area (Å²) in [6.45, 7) is 4.13. The highest BCUT2D eigenvalue weighted by atomic mass is 31.2. The fourth-order valence-corrected chi connectivity index (χ4v) is 7.97. The molecule has 0 spiro atoms. The second-order valence-corrected chi connectivity index (χ2v) is 20.5. The third kappa shape index (κ3) is 57.5. The van der Waals surface area contributed by atoms with Crippen molar-refractivity contribution in [3.8, 4) is 0 Å². The van der Waals surface area contributed by atoms with E-state index >= 15 is 0 Å². The minimum atomic E-state index is -4.80.